The van der Waals surface area contributed by atoms with Crippen LogP contribution < -0.4 is 5.69 Å². The number of piperidine rings is 1. The molecule has 0 radical (unpaired) electrons. The van der Waals surface area contributed by atoms with Crippen LogP contribution in [-0.2, 0) is 11.2 Å². The number of carbonyl (C=O) groups is 1. The highest BCUT2D eigenvalue weighted by molar-refractivity contribution is 5.76. The Labute approximate surface area is 154 Å². The lowest BCUT2D eigenvalue weighted by Crippen LogP contribution is -2.39. The molecular weight excluding hydrogens is 326 g/mol. The number of carbonyl (C=O) groups excluding carboxylic acids is 1. The number of hydrogen-bond donors (Lipinski definition) is 1. The molecule has 26 heavy (non-hydrogen) atoms. The van der Waals surface area contributed by atoms with Crippen LogP contribution in [-0.4, -0.2) is 33.9 Å². The van der Waals surface area contributed by atoms with Gasteiger partial charge in [0.2, 0.25) is 5.91 Å². The normalized spacial score (nSPS) is 17.3. The summed E-state index contributed by atoms with van der Waals surface area (Å²) in [4.78, 5) is 32.8. The predicted octanol–water partition coefficient (Wildman–Crippen LogP) is 3.03. The minimum Gasteiger partial charge on any atom is -0.342 e. The highest BCUT2D eigenvalue weighted by atomic mass is 16.2. The van der Waals surface area contributed by atoms with Gasteiger partial charge < -0.3 is 9.88 Å². The van der Waals surface area contributed by atoms with Crippen LogP contribution in [0.3, 0.4) is 0 Å². The Hall–Kier alpha value is -2.43. The molecule has 1 aromatic carbocycles. The average Bonchev–Trinajstić information content (AvgIpc) is 2.60. The van der Waals surface area contributed by atoms with Crippen molar-refractivity contribution in [1.82, 2.24) is 14.9 Å². The number of H-pyrrole nitrogens is 1. The molecule has 2 heterocycles. The fraction of sp³-hybridized carbons (Fsp3) is 0.476. The molecule has 1 saturated heterocycles. The molecule has 0 unspecified atom stereocenters. The van der Waals surface area contributed by atoms with Gasteiger partial charge in [0, 0.05) is 36.8 Å². The van der Waals surface area contributed by atoms with Crippen molar-refractivity contribution in [2.45, 2.75) is 52.4 Å². The molecule has 5 heteroatoms. The number of aromatic amines is 1. The van der Waals surface area contributed by atoms with Gasteiger partial charge in [-0.15, -0.1) is 0 Å². The van der Waals surface area contributed by atoms with E-state index >= 15 is 0 Å². The van der Waals surface area contributed by atoms with Crippen LogP contribution in [0.1, 0.15) is 53.3 Å². The van der Waals surface area contributed by atoms with E-state index < -0.39 is 0 Å². The predicted molar refractivity (Wildman–Crippen MR) is 102 cm³/mol. The molecule has 0 saturated carbocycles. The third-order valence-electron chi connectivity index (χ3n) is 5.33. The average molecular weight is 353 g/mol. The van der Waals surface area contributed by atoms with Crippen LogP contribution in [0.4, 0.5) is 0 Å². The second kappa shape index (κ2) is 7.85. The summed E-state index contributed by atoms with van der Waals surface area (Å²) in [6, 6.07) is 8.61. The smallest absolute Gasteiger partial charge is 0.342 e. The number of benzene rings is 1. The second-order valence-corrected chi connectivity index (χ2v) is 7.32. The van der Waals surface area contributed by atoms with Gasteiger partial charge in [0.15, 0.2) is 0 Å². The zero-order valence-corrected chi connectivity index (χ0v) is 15.8. The lowest BCUT2D eigenvalue weighted by Gasteiger charge is -2.33. The first-order valence-corrected chi connectivity index (χ1v) is 9.35. The minimum absolute atomic E-state index is 0.187. The first-order chi connectivity index (χ1) is 12.4. The van der Waals surface area contributed by atoms with Crippen molar-refractivity contribution in [2.75, 3.05) is 13.1 Å². The fourth-order valence-corrected chi connectivity index (χ4v) is 3.91. The number of nitrogens with zero attached hydrogens (tertiary/aromatic N) is 2. The summed E-state index contributed by atoms with van der Waals surface area (Å²) in [5, 5.41) is 0. The number of hydrogen-bond acceptors (Lipinski definition) is 3. The maximum Gasteiger partial charge on any atom is 0.345 e. The molecule has 3 rings (SSSR count). The Morgan fingerprint density at radius 1 is 1.31 bits per heavy atom. The molecule has 138 valence electrons. The van der Waals surface area contributed by atoms with Crippen LogP contribution in [0.25, 0.3) is 0 Å². The molecule has 1 atom stereocenters. The summed E-state index contributed by atoms with van der Waals surface area (Å²) >= 11 is 0. The summed E-state index contributed by atoms with van der Waals surface area (Å²) in [6.45, 7) is 7.44. The van der Waals surface area contributed by atoms with Crippen molar-refractivity contribution in [1.29, 1.82) is 0 Å². The van der Waals surface area contributed by atoms with Gasteiger partial charge in [-0.25, -0.2) is 4.79 Å². The van der Waals surface area contributed by atoms with Gasteiger partial charge in [0.05, 0.1) is 0 Å². The van der Waals surface area contributed by atoms with Crippen molar-refractivity contribution in [3.63, 3.8) is 0 Å². The molecule has 1 amide bonds. The quantitative estimate of drug-likeness (QED) is 0.919. The van der Waals surface area contributed by atoms with E-state index in [0.29, 0.717) is 18.8 Å². The molecule has 1 aromatic heterocycles. The molecule has 1 aliphatic heterocycles. The molecule has 1 aliphatic rings. The Morgan fingerprint density at radius 3 is 2.85 bits per heavy atom. The van der Waals surface area contributed by atoms with Crippen LogP contribution >= 0.6 is 0 Å². The van der Waals surface area contributed by atoms with E-state index in [9.17, 15) is 9.59 Å². The zero-order valence-electron chi connectivity index (χ0n) is 15.8. The minimum atomic E-state index is -0.327. The van der Waals surface area contributed by atoms with E-state index in [1.165, 1.54) is 11.1 Å². The lowest BCUT2D eigenvalue weighted by molar-refractivity contribution is -0.132. The van der Waals surface area contributed by atoms with Crippen LogP contribution in [0.15, 0.2) is 29.1 Å². The summed E-state index contributed by atoms with van der Waals surface area (Å²) in [5.74, 6) is 0.609. The largest absolute Gasteiger partial charge is 0.345 e. The number of aryl methyl sites for hydroxylation is 3. The van der Waals surface area contributed by atoms with E-state index in [-0.39, 0.29) is 11.6 Å². The summed E-state index contributed by atoms with van der Waals surface area (Å²) in [6.07, 6.45) is 3.25. The molecule has 5 nitrogen and oxygen atoms in total. The van der Waals surface area contributed by atoms with E-state index in [0.717, 1.165) is 42.9 Å². The summed E-state index contributed by atoms with van der Waals surface area (Å²) < 4.78 is 0. The third-order valence-corrected chi connectivity index (χ3v) is 5.33. The Kier molecular flexibility index (Phi) is 5.55. The Balaban J connectivity index is 1.64. The standard InChI is InChI=1S/C21H27N3O2/c1-14-6-4-7-17(12-14)18-8-5-11-24(13-18)20(25)10-9-19-15(2)22-21(26)23-16(19)3/h4,6-7,12,18H,5,8-11,13H2,1-3H3,(H,22,23,26)/t18-/m0/s1. The molecular formula is C21H27N3O2. The maximum atomic E-state index is 12.7. The highest BCUT2D eigenvalue weighted by Gasteiger charge is 2.24. The second-order valence-electron chi connectivity index (χ2n) is 7.32. The lowest BCUT2D eigenvalue weighted by atomic mass is 9.89. The fourth-order valence-electron chi connectivity index (χ4n) is 3.91. The van der Waals surface area contributed by atoms with Gasteiger partial charge in [-0.3, -0.25) is 4.79 Å². The summed E-state index contributed by atoms with van der Waals surface area (Å²) in [5.41, 5.74) is 4.78. The van der Waals surface area contributed by atoms with E-state index in [1.54, 1.807) is 0 Å². The van der Waals surface area contributed by atoms with Gasteiger partial charge in [-0.1, -0.05) is 29.8 Å². The van der Waals surface area contributed by atoms with Crippen molar-refractivity contribution in [3.8, 4) is 0 Å². The van der Waals surface area contributed by atoms with Crippen molar-refractivity contribution in [2.24, 2.45) is 0 Å². The first kappa shape index (κ1) is 18.4. The molecule has 1 fully saturated rings. The Bertz CT molecular complexity index is 830. The molecule has 2 aromatic rings. The van der Waals surface area contributed by atoms with E-state index in [1.807, 2.05) is 18.7 Å². The number of aromatic nitrogens is 2. The number of nitrogens with one attached hydrogen (secondary N) is 1. The van der Waals surface area contributed by atoms with Gasteiger partial charge in [0.1, 0.15) is 0 Å². The van der Waals surface area contributed by atoms with Crippen LogP contribution in [0.2, 0.25) is 0 Å². The van der Waals surface area contributed by atoms with Gasteiger partial charge in [0.25, 0.3) is 0 Å². The van der Waals surface area contributed by atoms with Crippen molar-refractivity contribution < 1.29 is 4.79 Å². The molecule has 0 spiro atoms. The van der Waals surface area contributed by atoms with Gasteiger partial charge in [-0.05, 0) is 51.2 Å². The van der Waals surface area contributed by atoms with Crippen LogP contribution in [0, 0.1) is 20.8 Å². The summed E-state index contributed by atoms with van der Waals surface area (Å²) in [7, 11) is 0. The van der Waals surface area contributed by atoms with E-state index in [4.69, 9.17) is 0 Å². The number of likely N-dealkylation sites (tertiary alicyclic amines) is 1. The zero-order chi connectivity index (χ0) is 18.7. The highest BCUT2D eigenvalue weighted by Crippen LogP contribution is 2.28. The number of rotatable bonds is 4. The van der Waals surface area contributed by atoms with Gasteiger partial charge >= 0.3 is 5.69 Å². The number of amides is 1. The molecule has 0 bridgehead atoms. The first-order valence-electron chi connectivity index (χ1n) is 9.35. The third kappa shape index (κ3) is 4.21. The monoisotopic (exact) mass is 353 g/mol. The Morgan fingerprint density at radius 2 is 2.12 bits per heavy atom. The van der Waals surface area contributed by atoms with Gasteiger partial charge in [-0.2, -0.15) is 4.98 Å². The SMILES string of the molecule is Cc1cccc([C@H]2CCCN(C(=O)CCc3c(C)nc(=O)[nH]c3C)C2)c1. The van der Waals surface area contributed by atoms with Crippen molar-refractivity contribution in [3.05, 3.63) is 62.8 Å². The molecule has 1 N–H and O–H groups in total. The maximum absolute atomic E-state index is 12.7. The van der Waals surface area contributed by atoms with Crippen LogP contribution in [0.5, 0.6) is 0 Å². The van der Waals surface area contributed by atoms with Crippen molar-refractivity contribution >= 4 is 5.91 Å². The topological polar surface area (TPSA) is 66.1 Å². The van der Waals surface area contributed by atoms with E-state index in [2.05, 4.69) is 41.2 Å². The molecule has 0 aliphatic carbocycles.